The Bertz CT molecular complexity index is 1040. The minimum Gasteiger partial charge on any atom is -0.491 e. The smallest absolute Gasteiger partial charge is 0.322 e. The number of nitrogens with zero attached hydrogens (tertiary/aromatic N) is 1. The molecule has 1 aliphatic heterocycles. The van der Waals surface area contributed by atoms with Crippen molar-refractivity contribution in [1.29, 1.82) is 0 Å². The molecule has 0 bridgehead atoms. The molecule has 0 saturated heterocycles. The molecule has 1 heterocycles. The molecule has 3 aromatic rings. The summed E-state index contributed by atoms with van der Waals surface area (Å²) in [6.07, 6.45) is 0. The average Bonchev–Trinajstić information content (AvgIpc) is 2.99. The van der Waals surface area contributed by atoms with Crippen LogP contribution < -0.4 is 15.5 Å². The van der Waals surface area contributed by atoms with Gasteiger partial charge in [0, 0.05) is 16.8 Å². The van der Waals surface area contributed by atoms with Crippen molar-refractivity contribution in [2.75, 3.05) is 11.9 Å². The van der Waals surface area contributed by atoms with Crippen LogP contribution in [0.2, 0.25) is 0 Å². The van der Waals surface area contributed by atoms with Gasteiger partial charge in [0.2, 0.25) is 0 Å². The normalized spacial score (nSPS) is 15.4. The summed E-state index contributed by atoms with van der Waals surface area (Å²) < 4.78 is 6.00. The number of hydroxylamine groups is 1. The molecule has 7 nitrogen and oxygen atoms in total. The minimum atomic E-state index is -0.621. The van der Waals surface area contributed by atoms with Crippen molar-refractivity contribution < 1.29 is 19.5 Å². The first kappa shape index (κ1) is 19.5. The van der Waals surface area contributed by atoms with Gasteiger partial charge in [0.05, 0.1) is 12.6 Å². The summed E-state index contributed by atoms with van der Waals surface area (Å²) in [5, 5.41) is 11.8. The van der Waals surface area contributed by atoms with Crippen molar-refractivity contribution in [3.63, 3.8) is 0 Å². The monoisotopic (exact) mass is 403 g/mol. The number of amides is 3. The zero-order chi connectivity index (χ0) is 20.9. The van der Waals surface area contributed by atoms with Gasteiger partial charge in [0.15, 0.2) is 0 Å². The van der Waals surface area contributed by atoms with Crippen molar-refractivity contribution in [3.05, 3.63) is 95.6 Å². The van der Waals surface area contributed by atoms with Crippen LogP contribution in [0, 0.1) is 0 Å². The number of rotatable bonds is 3. The van der Waals surface area contributed by atoms with E-state index >= 15 is 0 Å². The van der Waals surface area contributed by atoms with Crippen molar-refractivity contribution in [2.45, 2.75) is 12.6 Å². The lowest BCUT2D eigenvalue weighted by molar-refractivity contribution is 0.0706. The van der Waals surface area contributed by atoms with E-state index in [2.05, 4.69) is 5.32 Å². The number of ether oxygens (including phenoxy) is 1. The first-order chi connectivity index (χ1) is 14.7. The van der Waals surface area contributed by atoms with Crippen LogP contribution in [0.3, 0.4) is 0 Å². The van der Waals surface area contributed by atoms with Crippen molar-refractivity contribution >= 4 is 17.6 Å². The van der Waals surface area contributed by atoms with Crippen molar-refractivity contribution in [2.24, 2.45) is 0 Å². The van der Waals surface area contributed by atoms with Gasteiger partial charge in [-0.25, -0.2) is 10.3 Å². The number of urea groups is 1. The Morgan fingerprint density at radius 3 is 2.37 bits per heavy atom. The quantitative estimate of drug-likeness (QED) is 0.456. The Hall–Kier alpha value is -3.84. The van der Waals surface area contributed by atoms with Gasteiger partial charge in [-0.15, -0.1) is 0 Å². The van der Waals surface area contributed by atoms with E-state index in [0.29, 0.717) is 18.0 Å². The number of hydrogen-bond acceptors (Lipinski definition) is 4. The van der Waals surface area contributed by atoms with Gasteiger partial charge in [-0.1, -0.05) is 54.6 Å². The van der Waals surface area contributed by atoms with Gasteiger partial charge >= 0.3 is 6.03 Å². The van der Waals surface area contributed by atoms with Crippen molar-refractivity contribution in [1.82, 2.24) is 10.4 Å². The first-order valence-electron chi connectivity index (χ1n) is 9.53. The highest BCUT2D eigenvalue weighted by Crippen LogP contribution is 2.32. The second-order valence-electron chi connectivity index (χ2n) is 6.92. The van der Waals surface area contributed by atoms with E-state index in [0.717, 1.165) is 11.1 Å². The molecular weight excluding hydrogens is 382 g/mol. The number of para-hydroxylation sites is 1. The SMILES string of the molecule is O=C(NO)c1ccc2c(c1)OC[C@H](c1ccccc1)N(C(=O)Nc1ccccc1)C2. The van der Waals surface area contributed by atoms with Crippen LogP contribution in [0.4, 0.5) is 10.5 Å². The van der Waals surface area contributed by atoms with Gasteiger partial charge in [-0.3, -0.25) is 10.0 Å². The topological polar surface area (TPSA) is 90.9 Å². The highest BCUT2D eigenvalue weighted by atomic mass is 16.5. The van der Waals surface area contributed by atoms with Gasteiger partial charge < -0.3 is 15.0 Å². The summed E-state index contributed by atoms with van der Waals surface area (Å²) in [7, 11) is 0. The maximum absolute atomic E-state index is 13.2. The van der Waals surface area contributed by atoms with Crippen LogP contribution in [-0.2, 0) is 6.54 Å². The van der Waals surface area contributed by atoms with Crippen molar-refractivity contribution in [3.8, 4) is 5.75 Å². The average molecular weight is 403 g/mol. The molecule has 0 fully saturated rings. The lowest BCUT2D eigenvalue weighted by atomic mass is 10.1. The molecule has 0 saturated carbocycles. The summed E-state index contributed by atoms with van der Waals surface area (Å²) in [4.78, 5) is 26.7. The Morgan fingerprint density at radius 2 is 1.67 bits per heavy atom. The number of hydrogen-bond donors (Lipinski definition) is 3. The third kappa shape index (κ3) is 4.11. The lowest BCUT2D eigenvalue weighted by Crippen LogP contribution is -2.38. The first-order valence-corrected chi connectivity index (χ1v) is 9.53. The fourth-order valence-electron chi connectivity index (χ4n) is 3.46. The molecular formula is C23H21N3O4. The van der Waals surface area contributed by atoms with Gasteiger partial charge in [-0.05, 0) is 29.8 Å². The number of carbonyl (C=O) groups excluding carboxylic acids is 2. The molecule has 0 aliphatic carbocycles. The summed E-state index contributed by atoms with van der Waals surface area (Å²) in [5.41, 5.74) is 4.32. The molecule has 7 heteroatoms. The number of benzene rings is 3. The van der Waals surface area contributed by atoms with E-state index in [1.807, 2.05) is 60.7 Å². The Labute approximate surface area is 173 Å². The predicted molar refractivity (Wildman–Crippen MR) is 111 cm³/mol. The third-order valence-corrected chi connectivity index (χ3v) is 5.01. The van der Waals surface area contributed by atoms with Crippen LogP contribution in [0.5, 0.6) is 5.75 Å². The third-order valence-electron chi connectivity index (χ3n) is 5.01. The van der Waals surface area contributed by atoms with Crippen LogP contribution >= 0.6 is 0 Å². The number of nitrogens with one attached hydrogen (secondary N) is 2. The molecule has 0 aromatic heterocycles. The van der Waals surface area contributed by atoms with Gasteiger partial charge in [0.1, 0.15) is 12.4 Å². The molecule has 0 unspecified atom stereocenters. The van der Waals surface area contributed by atoms with Crippen LogP contribution in [0.1, 0.15) is 27.5 Å². The molecule has 0 spiro atoms. The number of anilines is 1. The zero-order valence-corrected chi connectivity index (χ0v) is 16.1. The van der Waals surface area contributed by atoms with Gasteiger partial charge in [0.25, 0.3) is 5.91 Å². The fourth-order valence-corrected chi connectivity index (χ4v) is 3.46. The van der Waals surface area contributed by atoms with E-state index in [4.69, 9.17) is 9.94 Å². The van der Waals surface area contributed by atoms with E-state index < -0.39 is 5.91 Å². The zero-order valence-electron chi connectivity index (χ0n) is 16.1. The maximum Gasteiger partial charge on any atom is 0.322 e. The fraction of sp³-hybridized carbons (Fsp3) is 0.130. The standard InChI is InChI=1S/C23H21N3O4/c27-22(25-29)17-11-12-18-14-26(23(28)24-19-9-5-2-6-10-19)20(15-30-21(18)13-17)16-7-3-1-4-8-16/h1-13,20,29H,14-15H2,(H,24,28)(H,25,27)/t20-/m1/s1. The van der Waals surface area contributed by atoms with Crippen LogP contribution in [0.25, 0.3) is 0 Å². The number of fused-ring (bicyclic) bond motifs is 1. The Kier molecular flexibility index (Phi) is 5.63. The largest absolute Gasteiger partial charge is 0.491 e. The summed E-state index contributed by atoms with van der Waals surface area (Å²) in [6.45, 7) is 0.526. The Morgan fingerprint density at radius 1 is 0.967 bits per heavy atom. The highest BCUT2D eigenvalue weighted by Gasteiger charge is 2.30. The van der Waals surface area contributed by atoms with Crippen LogP contribution in [-0.4, -0.2) is 28.7 Å². The molecule has 0 radical (unpaired) electrons. The molecule has 3 amide bonds. The predicted octanol–water partition coefficient (Wildman–Crippen LogP) is 3.97. The number of carbonyl (C=O) groups is 2. The molecule has 3 N–H and O–H groups in total. The van der Waals surface area contributed by atoms with E-state index in [9.17, 15) is 9.59 Å². The highest BCUT2D eigenvalue weighted by molar-refractivity contribution is 5.94. The van der Waals surface area contributed by atoms with E-state index in [1.54, 1.807) is 28.6 Å². The molecule has 1 atom stereocenters. The summed E-state index contributed by atoms with van der Waals surface area (Å²) in [6, 6.07) is 23.3. The summed E-state index contributed by atoms with van der Waals surface area (Å²) >= 11 is 0. The minimum absolute atomic E-state index is 0.226. The van der Waals surface area contributed by atoms with E-state index in [-0.39, 0.29) is 24.2 Å². The summed E-state index contributed by atoms with van der Waals surface area (Å²) in [5.74, 6) is -0.115. The second kappa shape index (κ2) is 8.67. The second-order valence-corrected chi connectivity index (χ2v) is 6.92. The molecule has 1 aliphatic rings. The molecule has 152 valence electrons. The van der Waals surface area contributed by atoms with Gasteiger partial charge in [-0.2, -0.15) is 0 Å². The maximum atomic E-state index is 13.2. The lowest BCUT2D eigenvalue weighted by Gasteiger charge is -2.29. The van der Waals surface area contributed by atoms with Crippen LogP contribution in [0.15, 0.2) is 78.9 Å². The molecule has 3 aromatic carbocycles. The van der Waals surface area contributed by atoms with E-state index in [1.165, 1.54) is 0 Å². The Balaban J connectivity index is 1.67. The molecule has 4 rings (SSSR count). The molecule has 30 heavy (non-hydrogen) atoms.